The van der Waals surface area contributed by atoms with Crippen molar-refractivity contribution < 1.29 is 4.74 Å². The highest BCUT2D eigenvalue weighted by atomic mass is 16.5. The number of hydrogen-bond acceptors (Lipinski definition) is 2. The van der Waals surface area contributed by atoms with E-state index in [4.69, 9.17) is 4.74 Å². The molecule has 1 N–H and O–H groups in total. The molecule has 2 nitrogen and oxygen atoms in total. The second kappa shape index (κ2) is 6.93. The van der Waals surface area contributed by atoms with Gasteiger partial charge in [0, 0.05) is 13.2 Å². The van der Waals surface area contributed by atoms with Gasteiger partial charge in [-0.1, -0.05) is 24.6 Å². The fraction of sp³-hybridized carbons (Fsp3) is 0.684. The third kappa shape index (κ3) is 3.87. The molecule has 0 radical (unpaired) electrons. The van der Waals surface area contributed by atoms with Crippen LogP contribution in [0.1, 0.15) is 54.9 Å². The molecule has 0 saturated heterocycles. The minimum absolute atomic E-state index is 0.138. The summed E-state index contributed by atoms with van der Waals surface area (Å²) in [4.78, 5) is 0. The molecule has 1 fully saturated rings. The molecule has 0 aromatic heterocycles. The number of hydrogen-bond donors (Lipinski definition) is 1. The summed E-state index contributed by atoms with van der Waals surface area (Å²) in [6.07, 6.45) is 5.99. The lowest BCUT2D eigenvalue weighted by molar-refractivity contribution is -0.0833. The zero-order valence-corrected chi connectivity index (χ0v) is 14.4. The Balaban J connectivity index is 2.13. The molecule has 0 heterocycles. The largest absolute Gasteiger partial charge is 0.378 e. The molecule has 1 unspecified atom stereocenters. The molecule has 1 aliphatic rings. The Kier molecular flexibility index (Phi) is 5.45. The van der Waals surface area contributed by atoms with Gasteiger partial charge in [-0.3, -0.25) is 0 Å². The minimum atomic E-state index is 0.138. The normalized spacial score (nSPS) is 18.3. The number of rotatable bonds is 7. The van der Waals surface area contributed by atoms with Crippen LogP contribution >= 0.6 is 0 Å². The Morgan fingerprint density at radius 2 is 1.81 bits per heavy atom. The maximum atomic E-state index is 5.83. The average molecular weight is 289 g/mol. The molecule has 0 bridgehead atoms. The van der Waals surface area contributed by atoms with E-state index in [0.29, 0.717) is 6.04 Å². The maximum absolute atomic E-state index is 5.83. The summed E-state index contributed by atoms with van der Waals surface area (Å²) >= 11 is 0. The predicted octanol–water partition coefficient (Wildman–Crippen LogP) is 4.09. The molecule has 1 aliphatic carbocycles. The Morgan fingerprint density at radius 3 is 2.24 bits per heavy atom. The molecule has 1 aromatic carbocycles. The highest BCUT2D eigenvalue weighted by Crippen LogP contribution is 2.39. The van der Waals surface area contributed by atoms with E-state index >= 15 is 0 Å². The van der Waals surface area contributed by atoms with Gasteiger partial charge in [-0.25, -0.2) is 0 Å². The highest BCUT2D eigenvalue weighted by molar-refractivity contribution is 5.38. The second-order valence-electron chi connectivity index (χ2n) is 6.78. The van der Waals surface area contributed by atoms with Gasteiger partial charge in [-0.15, -0.1) is 0 Å². The maximum Gasteiger partial charge on any atom is 0.0693 e. The van der Waals surface area contributed by atoms with Crippen molar-refractivity contribution in [3.05, 3.63) is 34.4 Å². The molecule has 2 rings (SSSR count). The minimum Gasteiger partial charge on any atom is -0.378 e. The first-order valence-electron chi connectivity index (χ1n) is 8.35. The first kappa shape index (κ1) is 16.5. The number of nitrogens with one attached hydrogen (secondary N) is 1. The van der Waals surface area contributed by atoms with Gasteiger partial charge in [0.15, 0.2) is 0 Å². The van der Waals surface area contributed by atoms with Gasteiger partial charge in [0.2, 0.25) is 0 Å². The van der Waals surface area contributed by atoms with Crippen molar-refractivity contribution in [3.8, 4) is 0 Å². The predicted molar refractivity (Wildman–Crippen MR) is 90.0 cm³/mol. The van der Waals surface area contributed by atoms with Gasteiger partial charge in [-0.2, -0.15) is 0 Å². The van der Waals surface area contributed by atoms with Crippen LogP contribution in [0.5, 0.6) is 0 Å². The van der Waals surface area contributed by atoms with Gasteiger partial charge < -0.3 is 10.1 Å². The fourth-order valence-electron chi connectivity index (χ4n) is 3.80. The molecule has 0 aliphatic heterocycles. The van der Waals surface area contributed by atoms with Crippen LogP contribution in [0.25, 0.3) is 0 Å². The van der Waals surface area contributed by atoms with E-state index in [1.54, 1.807) is 0 Å². The third-order valence-corrected chi connectivity index (χ3v) is 5.10. The van der Waals surface area contributed by atoms with Gasteiger partial charge in [0.05, 0.1) is 5.60 Å². The summed E-state index contributed by atoms with van der Waals surface area (Å²) in [5.74, 6) is 0. The Bertz CT molecular complexity index is 448. The van der Waals surface area contributed by atoms with Gasteiger partial charge >= 0.3 is 0 Å². The van der Waals surface area contributed by atoms with Crippen LogP contribution in [-0.2, 0) is 11.2 Å². The standard InChI is InChI=1S/C19H31NO/c1-6-20-17(13-19(21-5)8-7-9-19)12-18-15(3)10-14(2)11-16(18)4/h10-11,17,20H,6-9,12-13H2,1-5H3. The summed E-state index contributed by atoms with van der Waals surface area (Å²) in [7, 11) is 1.88. The lowest BCUT2D eigenvalue weighted by Gasteiger charge is -2.43. The smallest absolute Gasteiger partial charge is 0.0693 e. The van der Waals surface area contributed by atoms with E-state index in [1.807, 2.05) is 7.11 Å². The summed E-state index contributed by atoms with van der Waals surface area (Å²) in [5, 5.41) is 3.68. The van der Waals surface area contributed by atoms with E-state index in [0.717, 1.165) is 19.4 Å². The van der Waals surface area contributed by atoms with Gasteiger partial charge in [0.25, 0.3) is 0 Å². The zero-order valence-electron chi connectivity index (χ0n) is 14.4. The quantitative estimate of drug-likeness (QED) is 0.816. The summed E-state index contributed by atoms with van der Waals surface area (Å²) in [6, 6.07) is 5.12. The molecular formula is C19H31NO. The van der Waals surface area contributed by atoms with Crippen molar-refractivity contribution in [3.63, 3.8) is 0 Å². The number of benzene rings is 1. The average Bonchev–Trinajstić information content (AvgIpc) is 2.37. The van der Waals surface area contributed by atoms with E-state index in [9.17, 15) is 0 Å². The second-order valence-corrected chi connectivity index (χ2v) is 6.78. The lowest BCUT2D eigenvalue weighted by Crippen LogP contribution is -2.46. The molecule has 0 amide bonds. The topological polar surface area (TPSA) is 21.3 Å². The first-order valence-corrected chi connectivity index (χ1v) is 8.35. The highest BCUT2D eigenvalue weighted by Gasteiger charge is 2.38. The molecule has 1 saturated carbocycles. The van der Waals surface area contributed by atoms with Crippen LogP contribution in [-0.4, -0.2) is 25.3 Å². The molecule has 1 atom stereocenters. The van der Waals surface area contributed by atoms with Gasteiger partial charge in [0.1, 0.15) is 0 Å². The number of methoxy groups -OCH3 is 1. The fourth-order valence-corrected chi connectivity index (χ4v) is 3.80. The van der Waals surface area contributed by atoms with E-state index in [-0.39, 0.29) is 5.60 Å². The molecule has 2 heteroatoms. The lowest BCUT2D eigenvalue weighted by atomic mass is 9.74. The number of ether oxygens (including phenoxy) is 1. The Hall–Kier alpha value is -0.860. The van der Waals surface area contributed by atoms with Crippen molar-refractivity contribution >= 4 is 0 Å². The number of likely N-dealkylation sites (N-methyl/N-ethyl adjacent to an activating group) is 1. The van der Waals surface area contributed by atoms with Crippen molar-refractivity contribution in [1.82, 2.24) is 5.32 Å². The van der Waals surface area contributed by atoms with Crippen LogP contribution in [0.15, 0.2) is 12.1 Å². The molecule has 0 spiro atoms. The molecule has 1 aromatic rings. The Morgan fingerprint density at radius 1 is 1.19 bits per heavy atom. The summed E-state index contributed by atoms with van der Waals surface area (Å²) in [6.45, 7) is 9.89. The van der Waals surface area contributed by atoms with Crippen molar-refractivity contribution in [2.75, 3.05) is 13.7 Å². The van der Waals surface area contributed by atoms with Crippen molar-refractivity contribution in [2.24, 2.45) is 0 Å². The van der Waals surface area contributed by atoms with Crippen LogP contribution in [0.4, 0.5) is 0 Å². The van der Waals surface area contributed by atoms with E-state index in [2.05, 4.69) is 45.1 Å². The van der Waals surface area contributed by atoms with Crippen molar-refractivity contribution in [1.29, 1.82) is 0 Å². The van der Waals surface area contributed by atoms with Crippen molar-refractivity contribution in [2.45, 2.75) is 71.4 Å². The first-order chi connectivity index (χ1) is 9.99. The van der Waals surface area contributed by atoms with Crippen LogP contribution in [0.2, 0.25) is 0 Å². The van der Waals surface area contributed by atoms with E-state index < -0.39 is 0 Å². The monoisotopic (exact) mass is 289 g/mol. The SMILES string of the molecule is CCNC(Cc1c(C)cc(C)cc1C)CC1(OC)CCC1. The van der Waals surface area contributed by atoms with Crippen LogP contribution in [0, 0.1) is 20.8 Å². The Labute approximate surface area is 130 Å². The van der Waals surface area contributed by atoms with Gasteiger partial charge in [-0.05, 0) is 76.1 Å². The zero-order chi connectivity index (χ0) is 15.5. The van der Waals surface area contributed by atoms with E-state index in [1.165, 1.54) is 41.5 Å². The molecular weight excluding hydrogens is 258 g/mol. The van der Waals surface area contributed by atoms with Crippen LogP contribution < -0.4 is 5.32 Å². The summed E-state index contributed by atoms with van der Waals surface area (Å²) in [5.41, 5.74) is 5.86. The summed E-state index contributed by atoms with van der Waals surface area (Å²) < 4.78 is 5.83. The van der Waals surface area contributed by atoms with Crippen LogP contribution in [0.3, 0.4) is 0 Å². The number of aryl methyl sites for hydroxylation is 3. The third-order valence-electron chi connectivity index (χ3n) is 5.10. The molecule has 118 valence electrons. The molecule has 21 heavy (non-hydrogen) atoms.